The SMILES string of the molecule is C[C@@H](N)Cc1ccccc1S(C)(=O)=O. The van der Waals surface area contributed by atoms with Crippen LogP contribution in [-0.2, 0) is 16.3 Å². The fraction of sp³-hybridized carbons (Fsp3) is 0.400. The van der Waals surface area contributed by atoms with E-state index in [9.17, 15) is 8.42 Å². The molecule has 4 heteroatoms. The Hall–Kier alpha value is -0.870. The van der Waals surface area contributed by atoms with Gasteiger partial charge in [-0.05, 0) is 25.0 Å². The summed E-state index contributed by atoms with van der Waals surface area (Å²) in [7, 11) is -3.13. The molecular weight excluding hydrogens is 198 g/mol. The second kappa shape index (κ2) is 4.11. The van der Waals surface area contributed by atoms with Crippen molar-refractivity contribution in [2.75, 3.05) is 6.26 Å². The molecule has 0 unspecified atom stereocenters. The summed E-state index contributed by atoms with van der Waals surface area (Å²) in [5, 5.41) is 0. The first-order valence-corrected chi connectivity index (χ1v) is 6.34. The largest absolute Gasteiger partial charge is 0.328 e. The van der Waals surface area contributed by atoms with Gasteiger partial charge in [-0.3, -0.25) is 0 Å². The van der Waals surface area contributed by atoms with Crippen LogP contribution in [0.3, 0.4) is 0 Å². The molecule has 0 radical (unpaired) electrons. The average Bonchev–Trinajstić information content (AvgIpc) is 2.01. The van der Waals surface area contributed by atoms with Crippen molar-refractivity contribution < 1.29 is 8.42 Å². The van der Waals surface area contributed by atoms with Crippen LogP contribution in [0.5, 0.6) is 0 Å². The van der Waals surface area contributed by atoms with Gasteiger partial charge in [-0.25, -0.2) is 8.42 Å². The summed E-state index contributed by atoms with van der Waals surface area (Å²) < 4.78 is 22.8. The van der Waals surface area contributed by atoms with Crippen LogP contribution in [0.25, 0.3) is 0 Å². The van der Waals surface area contributed by atoms with Gasteiger partial charge in [-0.2, -0.15) is 0 Å². The van der Waals surface area contributed by atoms with Crippen molar-refractivity contribution in [3.63, 3.8) is 0 Å². The van der Waals surface area contributed by atoms with Crippen molar-refractivity contribution in [1.82, 2.24) is 0 Å². The van der Waals surface area contributed by atoms with Gasteiger partial charge in [-0.15, -0.1) is 0 Å². The fourth-order valence-electron chi connectivity index (χ4n) is 1.38. The summed E-state index contributed by atoms with van der Waals surface area (Å²) in [5.74, 6) is 0. The lowest BCUT2D eigenvalue weighted by Gasteiger charge is -2.09. The minimum Gasteiger partial charge on any atom is -0.328 e. The summed E-state index contributed by atoms with van der Waals surface area (Å²) in [4.78, 5) is 0.386. The molecule has 0 saturated heterocycles. The molecule has 3 nitrogen and oxygen atoms in total. The molecule has 0 aliphatic rings. The fourth-order valence-corrected chi connectivity index (χ4v) is 2.33. The van der Waals surface area contributed by atoms with E-state index in [0.717, 1.165) is 5.56 Å². The van der Waals surface area contributed by atoms with E-state index in [-0.39, 0.29) is 6.04 Å². The second-order valence-electron chi connectivity index (χ2n) is 3.56. The van der Waals surface area contributed by atoms with Crippen molar-refractivity contribution >= 4 is 9.84 Å². The summed E-state index contributed by atoms with van der Waals surface area (Å²) in [6.45, 7) is 1.86. The molecular formula is C10H15NO2S. The van der Waals surface area contributed by atoms with Gasteiger partial charge >= 0.3 is 0 Å². The van der Waals surface area contributed by atoms with Crippen molar-refractivity contribution in [2.24, 2.45) is 5.73 Å². The zero-order chi connectivity index (χ0) is 10.8. The third-order valence-electron chi connectivity index (χ3n) is 1.91. The molecule has 1 atom stereocenters. The van der Waals surface area contributed by atoms with E-state index < -0.39 is 9.84 Å². The Morgan fingerprint density at radius 1 is 1.36 bits per heavy atom. The number of hydrogen-bond acceptors (Lipinski definition) is 3. The molecule has 0 amide bonds. The highest BCUT2D eigenvalue weighted by Gasteiger charge is 2.12. The molecule has 1 aromatic carbocycles. The maximum absolute atomic E-state index is 11.4. The van der Waals surface area contributed by atoms with Gasteiger partial charge in [0.25, 0.3) is 0 Å². The molecule has 0 saturated carbocycles. The molecule has 0 bridgehead atoms. The Morgan fingerprint density at radius 3 is 2.43 bits per heavy atom. The molecule has 1 aromatic rings. The molecule has 0 aliphatic heterocycles. The molecule has 78 valence electrons. The normalized spacial score (nSPS) is 13.9. The van der Waals surface area contributed by atoms with Crippen LogP contribution in [0.2, 0.25) is 0 Å². The number of rotatable bonds is 3. The van der Waals surface area contributed by atoms with Crippen LogP contribution < -0.4 is 5.73 Å². The molecule has 1 rings (SSSR count). The molecule has 0 aliphatic carbocycles. The lowest BCUT2D eigenvalue weighted by Crippen LogP contribution is -2.19. The predicted molar refractivity (Wildman–Crippen MR) is 56.9 cm³/mol. The van der Waals surface area contributed by atoms with E-state index in [0.29, 0.717) is 11.3 Å². The lowest BCUT2D eigenvalue weighted by atomic mass is 10.1. The Morgan fingerprint density at radius 2 is 1.93 bits per heavy atom. The van der Waals surface area contributed by atoms with Crippen molar-refractivity contribution in [2.45, 2.75) is 24.3 Å². The van der Waals surface area contributed by atoms with Gasteiger partial charge < -0.3 is 5.73 Å². The standard InChI is InChI=1S/C10H15NO2S/c1-8(11)7-9-5-3-4-6-10(9)14(2,12)13/h3-6,8H,7,11H2,1-2H3/t8-/m1/s1. The van der Waals surface area contributed by atoms with Gasteiger partial charge in [-0.1, -0.05) is 18.2 Å². The summed E-state index contributed by atoms with van der Waals surface area (Å²) >= 11 is 0. The monoisotopic (exact) mass is 213 g/mol. The maximum Gasteiger partial charge on any atom is 0.175 e. The molecule has 0 heterocycles. The van der Waals surface area contributed by atoms with E-state index in [1.807, 2.05) is 13.0 Å². The van der Waals surface area contributed by atoms with Crippen LogP contribution >= 0.6 is 0 Å². The maximum atomic E-state index is 11.4. The first kappa shape index (κ1) is 11.2. The second-order valence-corrected chi connectivity index (χ2v) is 5.55. The minimum absolute atomic E-state index is 0.0297. The Labute approximate surface area is 84.9 Å². The van der Waals surface area contributed by atoms with E-state index in [1.165, 1.54) is 6.26 Å². The molecule has 0 fully saturated rings. The van der Waals surface area contributed by atoms with Gasteiger partial charge in [0.1, 0.15) is 0 Å². The van der Waals surface area contributed by atoms with Gasteiger partial charge in [0, 0.05) is 12.3 Å². The molecule has 2 N–H and O–H groups in total. The Balaban J connectivity index is 3.17. The van der Waals surface area contributed by atoms with Crippen molar-refractivity contribution in [3.8, 4) is 0 Å². The Kier molecular flexibility index (Phi) is 3.29. The zero-order valence-electron chi connectivity index (χ0n) is 8.40. The number of nitrogens with two attached hydrogens (primary N) is 1. The average molecular weight is 213 g/mol. The van der Waals surface area contributed by atoms with Crippen LogP contribution in [0, 0.1) is 0 Å². The highest BCUT2D eigenvalue weighted by atomic mass is 32.2. The minimum atomic E-state index is -3.13. The van der Waals surface area contributed by atoms with E-state index in [4.69, 9.17) is 5.73 Å². The number of benzene rings is 1. The first-order chi connectivity index (χ1) is 6.41. The first-order valence-electron chi connectivity index (χ1n) is 4.45. The smallest absolute Gasteiger partial charge is 0.175 e. The lowest BCUT2D eigenvalue weighted by molar-refractivity contribution is 0.599. The third kappa shape index (κ3) is 2.82. The summed E-state index contributed by atoms with van der Waals surface area (Å²) in [6.07, 6.45) is 1.80. The number of hydrogen-bond donors (Lipinski definition) is 1. The summed E-state index contributed by atoms with van der Waals surface area (Å²) in [5.41, 5.74) is 6.44. The van der Waals surface area contributed by atoms with Gasteiger partial charge in [0.2, 0.25) is 0 Å². The van der Waals surface area contributed by atoms with Crippen molar-refractivity contribution in [3.05, 3.63) is 29.8 Å². The third-order valence-corrected chi connectivity index (χ3v) is 3.11. The van der Waals surface area contributed by atoms with Crippen LogP contribution in [0.4, 0.5) is 0 Å². The Bertz CT molecular complexity index is 410. The van der Waals surface area contributed by atoms with Gasteiger partial charge in [0.05, 0.1) is 4.90 Å². The highest BCUT2D eigenvalue weighted by molar-refractivity contribution is 7.90. The quantitative estimate of drug-likeness (QED) is 0.814. The zero-order valence-corrected chi connectivity index (χ0v) is 9.21. The highest BCUT2D eigenvalue weighted by Crippen LogP contribution is 2.16. The molecule has 0 aromatic heterocycles. The predicted octanol–water partition coefficient (Wildman–Crippen LogP) is 0.980. The van der Waals surface area contributed by atoms with E-state index >= 15 is 0 Å². The van der Waals surface area contributed by atoms with Crippen LogP contribution in [0.15, 0.2) is 29.2 Å². The topological polar surface area (TPSA) is 60.2 Å². The van der Waals surface area contributed by atoms with E-state index in [2.05, 4.69) is 0 Å². The van der Waals surface area contributed by atoms with Crippen LogP contribution in [-0.4, -0.2) is 20.7 Å². The van der Waals surface area contributed by atoms with Crippen LogP contribution in [0.1, 0.15) is 12.5 Å². The van der Waals surface area contributed by atoms with E-state index in [1.54, 1.807) is 18.2 Å². The van der Waals surface area contributed by atoms with Gasteiger partial charge in [0.15, 0.2) is 9.84 Å². The molecule has 0 spiro atoms. The van der Waals surface area contributed by atoms with Crippen molar-refractivity contribution in [1.29, 1.82) is 0 Å². The molecule has 14 heavy (non-hydrogen) atoms. The number of sulfone groups is 1. The summed E-state index contributed by atoms with van der Waals surface area (Å²) in [6, 6.07) is 6.94.